The highest BCUT2D eigenvalue weighted by molar-refractivity contribution is 6.74. The first-order valence-electron chi connectivity index (χ1n) is 11.6. The third-order valence-electron chi connectivity index (χ3n) is 6.62. The monoisotopic (exact) mass is 439 g/mol. The molecule has 0 spiro atoms. The van der Waals surface area contributed by atoms with Gasteiger partial charge in [-0.05, 0) is 84.9 Å². The van der Waals surface area contributed by atoms with Crippen LogP contribution in [0.25, 0.3) is 0 Å². The summed E-state index contributed by atoms with van der Waals surface area (Å²) in [6.45, 7) is 21.7. The highest BCUT2D eigenvalue weighted by Crippen LogP contribution is 2.39. The van der Waals surface area contributed by atoms with E-state index in [1.54, 1.807) is 4.90 Å². The van der Waals surface area contributed by atoms with Gasteiger partial charge in [-0.15, -0.1) is 0 Å². The molecule has 0 N–H and O–H groups in total. The summed E-state index contributed by atoms with van der Waals surface area (Å²) >= 11 is 0. The molecule has 5 nitrogen and oxygen atoms in total. The van der Waals surface area contributed by atoms with Gasteiger partial charge in [0.05, 0.1) is 18.8 Å². The predicted octanol–water partition coefficient (Wildman–Crippen LogP) is 6.64. The van der Waals surface area contributed by atoms with Crippen LogP contribution in [0.4, 0.5) is 4.79 Å². The predicted molar refractivity (Wildman–Crippen MR) is 125 cm³/mol. The summed E-state index contributed by atoms with van der Waals surface area (Å²) in [5, 5.41) is 0.221. The fourth-order valence-corrected chi connectivity index (χ4v) is 5.24. The van der Waals surface area contributed by atoms with Crippen LogP contribution in [0.1, 0.15) is 87.5 Å². The average Bonchev–Trinajstić information content (AvgIpc) is 2.85. The first-order chi connectivity index (χ1) is 13.5. The van der Waals surface area contributed by atoms with E-state index in [4.69, 9.17) is 13.9 Å². The zero-order valence-electron chi connectivity index (χ0n) is 21.1. The van der Waals surface area contributed by atoms with Crippen LogP contribution >= 0.6 is 0 Å². The van der Waals surface area contributed by atoms with Crippen molar-refractivity contribution in [1.82, 2.24) is 4.90 Å². The molecule has 0 saturated carbocycles. The molecule has 1 aliphatic heterocycles. The van der Waals surface area contributed by atoms with Gasteiger partial charge in [-0.3, -0.25) is 4.90 Å². The van der Waals surface area contributed by atoms with E-state index in [-0.39, 0.29) is 23.3 Å². The van der Waals surface area contributed by atoms with Gasteiger partial charge in [-0.25, -0.2) is 4.79 Å². The first-order valence-corrected chi connectivity index (χ1v) is 14.5. The Morgan fingerprint density at radius 1 is 1.23 bits per heavy atom. The summed E-state index contributed by atoms with van der Waals surface area (Å²) in [7, 11) is -1.77. The fourth-order valence-electron chi connectivity index (χ4n) is 3.94. The van der Waals surface area contributed by atoms with Crippen LogP contribution in [-0.2, 0) is 13.9 Å². The second kappa shape index (κ2) is 8.95. The molecule has 0 aromatic carbocycles. The molecule has 1 heterocycles. The molecule has 1 saturated heterocycles. The lowest BCUT2D eigenvalue weighted by atomic mass is 9.93. The maximum atomic E-state index is 12.8. The van der Waals surface area contributed by atoms with E-state index in [2.05, 4.69) is 39.9 Å². The molecule has 0 bridgehead atoms. The van der Waals surface area contributed by atoms with Gasteiger partial charge in [0.15, 0.2) is 8.32 Å². The summed E-state index contributed by atoms with van der Waals surface area (Å²) in [5.74, 6) is 0. The highest BCUT2D eigenvalue weighted by Gasteiger charge is 2.45. The maximum Gasteiger partial charge on any atom is 0.412 e. The number of rotatable bonds is 5. The minimum atomic E-state index is -1.77. The molecule has 1 aliphatic carbocycles. The smallest absolute Gasteiger partial charge is 0.412 e. The minimum absolute atomic E-state index is 0.0393. The number of hydrogen-bond donors (Lipinski definition) is 0. The summed E-state index contributed by atoms with van der Waals surface area (Å²) < 4.78 is 18.3. The van der Waals surface area contributed by atoms with Crippen LogP contribution in [-0.4, -0.2) is 49.4 Å². The van der Waals surface area contributed by atoms with Gasteiger partial charge in [0.25, 0.3) is 0 Å². The third kappa shape index (κ3) is 6.57. The number of carbonyl (C=O) groups excluding carboxylic acids is 1. The van der Waals surface area contributed by atoms with Crippen LogP contribution < -0.4 is 0 Å². The number of ether oxygens (including phenoxy) is 2. The molecule has 2 rings (SSSR count). The molecule has 2 aliphatic rings. The van der Waals surface area contributed by atoms with Gasteiger partial charge in [0.2, 0.25) is 0 Å². The summed E-state index contributed by atoms with van der Waals surface area (Å²) in [4.78, 5) is 14.6. The van der Waals surface area contributed by atoms with Gasteiger partial charge in [-0.2, -0.15) is 0 Å². The quantitative estimate of drug-likeness (QED) is 0.356. The molecular weight excluding hydrogens is 394 g/mol. The van der Waals surface area contributed by atoms with Crippen LogP contribution in [0.2, 0.25) is 18.1 Å². The SMILES string of the molecule is CC(C)(C)OC(=O)N1[C@H](CCC2=CC(O[Si](C)(C)C(C)(C)C)CCC2)COC1(C)C. The molecule has 30 heavy (non-hydrogen) atoms. The van der Waals surface area contributed by atoms with Crippen molar-refractivity contribution in [2.24, 2.45) is 0 Å². The van der Waals surface area contributed by atoms with Gasteiger partial charge in [0, 0.05) is 0 Å². The van der Waals surface area contributed by atoms with Gasteiger partial charge in [-0.1, -0.05) is 32.4 Å². The Morgan fingerprint density at radius 2 is 1.87 bits per heavy atom. The molecule has 0 radical (unpaired) electrons. The Labute approximate surface area is 185 Å². The first kappa shape index (κ1) is 25.4. The molecule has 6 heteroatoms. The molecule has 1 amide bonds. The van der Waals surface area contributed by atoms with Crippen molar-refractivity contribution in [1.29, 1.82) is 0 Å². The largest absolute Gasteiger partial charge is 0.444 e. The fraction of sp³-hybridized carbons (Fsp3) is 0.875. The zero-order chi connectivity index (χ0) is 23.0. The van der Waals surface area contributed by atoms with Crippen molar-refractivity contribution < 1.29 is 18.7 Å². The van der Waals surface area contributed by atoms with Gasteiger partial charge < -0.3 is 13.9 Å². The number of amides is 1. The van der Waals surface area contributed by atoms with E-state index in [0.717, 1.165) is 25.7 Å². The second-order valence-electron chi connectivity index (χ2n) is 11.9. The standard InChI is InChI=1S/C24H45NO4Si/c1-22(2,3)28-21(26)25-19(17-27-24(25,7)8)15-14-18-12-11-13-20(16-18)29-30(9,10)23(4,5)6/h16,19-20H,11-15,17H2,1-10H3/t19-,20?/m1/s1. The average molecular weight is 440 g/mol. The van der Waals surface area contributed by atoms with E-state index in [1.165, 1.54) is 12.0 Å². The molecule has 1 unspecified atom stereocenters. The third-order valence-corrected chi connectivity index (χ3v) is 11.1. The Bertz CT molecular complexity index is 643. The zero-order valence-corrected chi connectivity index (χ0v) is 22.1. The normalized spacial score (nSPS) is 25.3. The molecule has 1 fully saturated rings. The van der Waals surface area contributed by atoms with Crippen LogP contribution in [0.3, 0.4) is 0 Å². The minimum Gasteiger partial charge on any atom is -0.444 e. The lowest BCUT2D eigenvalue weighted by Crippen LogP contribution is -2.49. The molecule has 0 aromatic heterocycles. The van der Waals surface area contributed by atoms with Crippen molar-refractivity contribution in [2.75, 3.05) is 6.61 Å². The van der Waals surface area contributed by atoms with Crippen LogP contribution in [0, 0.1) is 0 Å². The molecule has 0 aromatic rings. The topological polar surface area (TPSA) is 48.0 Å². The summed E-state index contributed by atoms with van der Waals surface area (Å²) in [6.07, 6.45) is 7.58. The van der Waals surface area contributed by atoms with Crippen LogP contribution in [0.5, 0.6) is 0 Å². The number of hydrogen-bond acceptors (Lipinski definition) is 4. The van der Waals surface area contributed by atoms with Crippen LogP contribution in [0.15, 0.2) is 11.6 Å². The highest BCUT2D eigenvalue weighted by atomic mass is 28.4. The van der Waals surface area contributed by atoms with Gasteiger partial charge in [0.1, 0.15) is 11.3 Å². The van der Waals surface area contributed by atoms with Crippen molar-refractivity contribution in [3.05, 3.63) is 11.6 Å². The molecule has 2 atom stereocenters. The van der Waals surface area contributed by atoms with E-state index < -0.39 is 19.6 Å². The van der Waals surface area contributed by atoms with Gasteiger partial charge >= 0.3 is 6.09 Å². The van der Waals surface area contributed by atoms with Crippen molar-refractivity contribution >= 4 is 14.4 Å². The number of carbonyl (C=O) groups is 1. The Balaban J connectivity index is 2.02. The Morgan fingerprint density at radius 3 is 2.43 bits per heavy atom. The van der Waals surface area contributed by atoms with Crippen molar-refractivity contribution in [2.45, 2.75) is 129 Å². The van der Waals surface area contributed by atoms with Crippen molar-refractivity contribution in [3.8, 4) is 0 Å². The number of allylic oxidation sites excluding steroid dienone is 1. The summed E-state index contributed by atoms with van der Waals surface area (Å²) in [5.41, 5.74) is 0.307. The van der Waals surface area contributed by atoms with E-state index in [1.807, 2.05) is 34.6 Å². The lowest BCUT2D eigenvalue weighted by Gasteiger charge is -2.39. The molecular formula is C24H45NO4Si. The number of nitrogens with zero attached hydrogens (tertiary/aromatic N) is 1. The summed E-state index contributed by atoms with van der Waals surface area (Å²) in [6, 6.07) is 0.0393. The van der Waals surface area contributed by atoms with E-state index in [0.29, 0.717) is 6.61 Å². The Hall–Kier alpha value is -0.853. The maximum absolute atomic E-state index is 12.8. The lowest BCUT2D eigenvalue weighted by molar-refractivity contribution is -0.0626. The van der Waals surface area contributed by atoms with E-state index in [9.17, 15) is 4.79 Å². The van der Waals surface area contributed by atoms with Crippen molar-refractivity contribution in [3.63, 3.8) is 0 Å². The van der Waals surface area contributed by atoms with E-state index >= 15 is 0 Å². The second-order valence-corrected chi connectivity index (χ2v) is 16.7. The molecule has 174 valence electrons. The Kier molecular flexibility index (Phi) is 7.58.